The molecule has 132 valence electrons. The van der Waals surface area contributed by atoms with Crippen LogP contribution in [0.1, 0.15) is 84.0 Å². The predicted octanol–water partition coefficient (Wildman–Crippen LogP) is 4.08. The van der Waals surface area contributed by atoms with Crippen LogP contribution in [0.2, 0.25) is 0 Å². The number of aliphatic hydroxyl groups excluding tert-OH is 1. The zero-order chi connectivity index (χ0) is 16.5. The van der Waals surface area contributed by atoms with Crippen molar-refractivity contribution in [1.82, 2.24) is 0 Å². The van der Waals surface area contributed by atoms with Gasteiger partial charge in [-0.15, -0.1) is 0 Å². The second-order valence-electron chi connectivity index (χ2n) is 5.73. The van der Waals surface area contributed by atoms with Crippen LogP contribution in [0.4, 0.5) is 0 Å². The van der Waals surface area contributed by atoms with Gasteiger partial charge < -0.3 is 19.7 Å². The van der Waals surface area contributed by atoms with E-state index in [9.17, 15) is 9.90 Å². The first kappa shape index (κ1) is 21.4. The van der Waals surface area contributed by atoms with Gasteiger partial charge in [-0.05, 0) is 19.3 Å². The molecule has 0 aliphatic heterocycles. The van der Waals surface area contributed by atoms with Crippen molar-refractivity contribution >= 4 is 5.97 Å². The minimum absolute atomic E-state index is 0.192. The van der Waals surface area contributed by atoms with E-state index in [0.29, 0.717) is 19.6 Å². The van der Waals surface area contributed by atoms with Gasteiger partial charge >= 0.3 is 5.97 Å². The summed E-state index contributed by atoms with van der Waals surface area (Å²) in [7, 11) is 0. The highest BCUT2D eigenvalue weighted by Gasteiger charge is 2.04. The van der Waals surface area contributed by atoms with Crippen LogP contribution in [0.5, 0.6) is 0 Å². The van der Waals surface area contributed by atoms with E-state index in [2.05, 4.69) is 6.92 Å². The van der Waals surface area contributed by atoms with Gasteiger partial charge in [-0.1, -0.05) is 58.3 Å². The van der Waals surface area contributed by atoms with Gasteiger partial charge in [-0.25, -0.2) is 0 Å². The van der Waals surface area contributed by atoms with E-state index in [0.717, 1.165) is 25.7 Å². The highest BCUT2D eigenvalue weighted by molar-refractivity contribution is 5.66. The number of unbranched alkanes of at least 4 members (excludes halogenated alkanes) is 9. The number of carboxylic acid groups (broad SMARTS) is 1. The molecule has 0 aromatic rings. The van der Waals surface area contributed by atoms with Crippen LogP contribution in [0.15, 0.2) is 0 Å². The Morgan fingerprint density at radius 3 is 1.77 bits per heavy atom. The van der Waals surface area contributed by atoms with Crippen LogP contribution in [-0.2, 0) is 14.3 Å². The van der Waals surface area contributed by atoms with Crippen LogP contribution in [0.3, 0.4) is 0 Å². The molecule has 0 heterocycles. The highest BCUT2D eigenvalue weighted by atomic mass is 16.8. The fourth-order valence-electron chi connectivity index (χ4n) is 2.21. The number of hydrogen-bond donors (Lipinski definition) is 2. The molecule has 22 heavy (non-hydrogen) atoms. The van der Waals surface area contributed by atoms with E-state index in [4.69, 9.17) is 14.6 Å². The molecule has 0 aromatic carbocycles. The zero-order valence-corrected chi connectivity index (χ0v) is 14.1. The third-order valence-electron chi connectivity index (χ3n) is 3.55. The lowest BCUT2D eigenvalue weighted by Crippen LogP contribution is -2.17. The Bertz CT molecular complexity index is 245. The molecule has 0 saturated carbocycles. The highest BCUT2D eigenvalue weighted by Crippen LogP contribution is 2.08. The monoisotopic (exact) mass is 318 g/mol. The molecule has 0 radical (unpaired) electrons. The number of carbonyl (C=O) groups is 1. The van der Waals surface area contributed by atoms with E-state index >= 15 is 0 Å². The standard InChI is InChI=1S/C17H34O5/c1-2-3-4-5-6-7-8-11-14-21-17(20)22-15-12-9-10-13-16(18)19/h17,20H,2-15H2,1H3,(H,18,19). The first-order valence-corrected chi connectivity index (χ1v) is 8.80. The first-order valence-electron chi connectivity index (χ1n) is 8.80. The molecule has 5 heteroatoms. The quantitative estimate of drug-likeness (QED) is 0.312. The molecule has 0 aromatic heterocycles. The van der Waals surface area contributed by atoms with Gasteiger partial charge in [-0.2, -0.15) is 0 Å². The van der Waals surface area contributed by atoms with Gasteiger partial charge in [0.1, 0.15) is 0 Å². The van der Waals surface area contributed by atoms with Crippen molar-refractivity contribution in [2.24, 2.45) is 0 Å². The normalized spacial score (nSPS) is 12.5. The molecule has 2 N–H and O–H groups in total. The minimum atomic E-state index is -1.15. The third-order valence-corrected chi connectivity index (χ3v) is 3.55. The Balaban J connectivity index is 3.16. The number of aliphatic carboxylic acids is 1. The van der Waals surface area contributed by atoms with Crippen molar-refractivity contribution in [2.75, 3.05) is 13.2 Å². The molecule has 0 saturated heterocycles. The van der Waals surface area contributed by atoms with Crippen LogP contribution < -0.4 is 0 Å². The van der Waals surface area contributed by atoms with Crippen LogP contribution >= 0.6 is 0 Å². The molecule has 0 fully saturated rings. The smallest absolute Gasteiger partial charge is 0.303 e. The summed E-state index contributed by atoms with van der Waals surface area (Å²) in [4.78, 5) is 10.3. The molecular formula is C17H34O5. The largest absolute Gasteiger partial charge is 0.481 e. The molecule has 0 bridgehead atoms. The van der Waals surface area contributed by atoms with Gasteiger partial charge in [-0.3, -0.25) is 4.79 Å². The third kappa shape index (κ3) is 17.4. The summed E-state index contributed by atoms with van der Waals surface area (Å²) >= 11 is 0. The van der Waals surface area contributed by atoms with Crippen molar-refractivity contribution < 1.29 is 24.5 Å². The first-order chi connectivity index (χ1) is 10.7. The summed E-state index contributed by atoms with van der Waals surface area (Å²) in [5, 5.41) is 17.9. The van der Waals surface area contributed by atoms with Crippen molar-refractivity contribution in [1.29, 1.82) is 0 Å². The number of carboxylic acids is 1. The molecule has 0 aliphatic rings. The Morgan fingerprint density at radius 1 is 0.818 bits per heavy atom. The second kappa shape index (κ2) is 16.7. The maximum absolute atomic E-state index is 10.3. The van der Waals surface area contributed by atoms with Gasteiger partial charge in [0, 0.05) is 6.42 Å². The maximum Gasteiger partial charge on any atom is 0.303 e. The summed E-state index contributed by atoms with van der Waals surface area (Å²) in [5.74, 6) is -0.769. The van der Waals surface area contributed by atoms with Crippen molar-refractivity contribution in [3.63, 3.8) is 0 Å². The summed E-state index contributed by atoms with van der Waals surface area (Å²) < 4.78 is 10.3. The summed E-state index contributed by atoms with van der Waals surface area (Å²) in [6, 6.07) is 0. The number of rotatable bonds is 17. The molecule has 1 atom stereocenters. The van der Waals surface area contributed by atoms with Crippen LogP contribution in [-0.4, -0.2) is 35.9 Å². The average molecular weight is 318 g/mol. The Hall–Kier alpha value is -0.650. The topological polar surface area (TPSA) is 76.0 Å². The van der Waals surface area contributed by atoms with Crippen molar-refractivity contribution in [2.45, 2.75) is 90.4 Å². The Morgan fingerprint density at radius 2 is 1.27 bits per heavy atom. The molecule has 0 amide bonds. The zero-order valence-electron chi connectivity index (χ0n) is 14.1. The Labute approximate surface area is 135 Å². The predicted molar refractivity (Wildman–Crippen MR) is 86.6 cm³/mol. The summed E-state index contributed by atoms with van der Waals surface area (Å²) in [5.41, 5.74) is 0. The van der Waals surface area contributed by atoms with Crippen LogP contribution in [0, 0.1) is 0 Å². The molecule has 0 spiro atoms. The fourth-order valence-corrected chi connectivity index (χ4v) is 2.21. The summed E-state index contributed by atoms with van der Waals surface area (Å²) in [6.45, 7) is 2.00. The molecule has 1 unspecified atom stereocenters. The van der Waals surface area contributed by atoms with E-state index in [-0.39, 0.29) is 6.42 Å². The number of hydrogen-bond acceptors (Lipinski definition) is 4. The van der Waals surface area contributed by atoms with Gasteiger partial charge in [0.15, 0.2) is 0 Å². The average Bonchev–Trinajstić information content (AvgIpc) is 2.48. The van der Waals surface area contributed by atoms with Crippen LogP contribution in [0.25, 0.3) is 0 Å². The second-order valence-corrected chi connectivity index (χ2v) is 5.73. The van der Waals surface area contributed by atoms with Crippen molar-refractivity contribution in [3.8, 4) is 0 Å². The minimum Gasteiger partial charge on any atom is -0.481 e. The van der Waals surface area contributed by atoms with Gasteiger partial charge in [0.2, 0.25) is 0 Å². The lowest BCUT2D eigenvalue weighted by atomic mass is 10.1. The van der Waals surface area contributed by atoms with E-state index in [1.54, 1.807) is 0 Å². The SMILES string of the molecule is CCCCCCCCCCOC(O)OCCCCCC(=O)O. The summed E-state index contributed by atoms with van der Waals surface area (Å²) in [6.07, 6.45) is 12.3. The van der Waals surface area contributed by atoms with E-state index < -0.39 is 12.4 Å². The molecular weight excluding hydrogens is 284 g/mol. The van der Waals surface area contributed by atoms with Gasteiger partial charge in [0.05, 0.1) is 13.2 Å². The number of ether oxygens (including phenoxy) is 2. The molecule has 5 nitrogen and oxygen atoms in total. The van der Waals surface area contributed by atoms with E-state index in [1.807, 2.05) is 0 Å². The lowest BCUT2D eigenvalue weighted by Gasteiger charge is -2.12. The fraction of sp³-hybridized carbons (Fsp3) is 0.941. The number of aliphatic hydroxyl groups is 1. The van der Waals surface area contributed by atoms with Gasteiger partial charge in [0.25, 0.3) is 6.48 Å². The maximum atomic E-state index is 10.3. The Kier molecular flexibility index (Phi) is 16.2. The molecule has 0 rings (SSSR count). The van der Waals surface area contributed by atoms with Crippen molar-refractivity contribution in [3.05, 3.63) is 0 Å². The van der Waals surface area contributed by atoms with E-state index in [1.165, 1.54) is 38.5 Å². The lowest BCUT2D eigenvalue weighted by molar-refractivity contribution is -0.263. The molecule has 0 aliphatic carbocycles.